The van der Waals surface area contributed by atoms with Crippen molar-refractivity contribution in [2.45, 2.75) is 25.2 Å². The zero-order valence-electron chi connectivity index (χ0n) is 18.7. The summed E-state index contributed by atoms with van der Waals surface area (Å²) in [5, 5.41) is 3.43. The smallest absolute Gasteiger partial charge is 0.340 e. The highest BCUT2D eigenvalue weighted by Crippen LogP contribution is 2.35. The molecular weight excluding hydrogens is 398 g/mol. The van der Waals surface area contributed by atoms with Crippen molar-refractivity contribution in [3.05, 3.63) is 89.8 Å². The molecule has 1 heterocycles. The molecule has 5 nitrogen and oxygen atoms in total. The van der Waals surface area contributed by atoms with E-state index < -0.39 is 0 Å². The molecule has 164 valence electrons. The van der Waals surface area contributed by atoms with Gasteiger partial charge in [-0.25, -0.2) is 4.79 Å². The predicted octanol–water partition coefficient (Wildman–Crippen LogP) is 5.81. The van der Waals surface area contributed by atoms with Crippen molar-refractivity contribution in [2.75, 3.05) is 30.9 Å². The maximum Gasteiger partial charge on any atom is 0.340 e. The Morgan fingerprint density at radius 3 is 2.75 bits per heavy atom. The van der Waals surface area contributed by atoms with E-state index in [1.807, 2.05) is 6.08 Å². The van der Waals surface area contributed by atoms with Gasteiger partial charge < -0.3 is 15.0 Å². The van der Waals surface area contributed by atoms with Crippen molar-refractivity contribution in [2.24, 2.45) is 0 Å². The standard InChI is InChI=1S/C27H29N3O2/c1-4-19-8-10-22(11-9-19)30(2)23-12-13-24-20(16-23)6-5-7-21(24)17-29-26-18-28-15-14-25(26)27(31)32-3/h4,8-16,18,21,29H,1,5-7,17H2,2-3H3/t21-/m0/s1. The summed E-state index contributed by atoms with van der Waals surface area (Å²) >= 11 is 0. The van der Waals surface area contributed by atoms with E-state index in [0.717, 1.165) is 37.1 Å². The average molecular weight is 428 g/mol. The van der Waals surface area contributed by atoms with Crippen LogP contribution in [0.4, 0.5) is 17.1 Å². The minimum Gasteiger partial charge on any atom is -0.465 e. The molecule has 3 aromatic rings. The quantitative estimate of drug-likeness (QED) is 0.482. The van der Waals surface area contributed by atoms with Crippen molar-refractivity contribution >= 4 is 29.1 Å². The molecule has 32 heavy (non-hydrogen) atoms. The lowest BCUT2D eigenvalue weighted by Gasteiger charge is -2.28. The van der Waals surface area contributed by atoms with E-state index in [1.165, 1.54) is 23.9 Å². The summed E-state index contributed by atoms with van der Waals surface area (Å²) in [4.78, 5) is 18.4. The molecule has 0 fully saturated rings. The first-order valence-electron chi connectivity index (χ1n) is 11.0. The van der Waals surface area contributed by atoms with Crippen LogP contribution in [-0.4, -0.2) is 31.7 Å². The van der Waals surface area contributed by atoms with Gasteiger partial charge in [0.25, 0.3) is 0 Å². The summed E-state index contributed by atoms with van der Waals surface area (Å²) in [7, 11) is 3.50. The Kier molecular flexibility index (Phi) is 6.55. The van der Waals surface area contributed by atoms with Gasteiger partial charge in [-0.05, 0) is 66.3 Å². The van der Waals surface area contributed by atoms with E-state index in [2.05, 4.69) is 71.3 Å². The molecule has 0 saturated heterocycles. The Labute approximate surface area is 189 Å². The van der Waals surface area contributed by atoms with Crippen LogP contribution in [0.3, 0.4) is 0 Å². The van der Waals surface area contributed by atoms with Crippen LogP contribution in [0.15, 0.2) is 67.5 Å². The molecule has 1 aliphatic rings. The molecule has 5 heteroatoms. The zero-order valence-corrected chi connectivity index (χ0v) is 18.7. The van der Waals surface area contributed by atoms with Crippen LogP contribution in [0.25, 0.3) is 6.08 Å². The van der Waals surface area contributed by atoms with Gasteiger partial charge in [0.2, 0.25) is 0 Å². The number of pyridine rings is 1. The van der Waals surface area contributed by atoms with Crippen molar-refractivity contribution in [3.8, 4) is 0 Å². The summed E-state index contributed by atoms with van der Waals surface area (Å²) in [5.74, 6) is 0.0310. The van der Waals surface area contributed by atoms with Crippen LogP contribution < -0.4 is 10.2 Å². The third kappa shape index (κ3) is 4.52. The normalized spacial score (nSPS) is 14.9. The number of nitrogens with one attached hydrogen (secondary N) is 1. The van der Waals surface area contributed by atoms with Crippen LogP contribution in [0.2, 0.25) is 0 Å². The van der Waals surface area contributed by atoms with Crippen molar-refractivity contribution < 1.29 is 9.53 Å². The number of hydrogen-bond acceptors (Lipinski definition) is 5. The van der Waals surface area contributed by atoms with Gasteiger partial charge in [0.15, 0.2) is 0 Å². The van der Waals surface area contributed by atoms with Crippen molar-refractivity contribution in [3.63, 3.8) is 0 Å². The summed E-state index contributed by atoms with van der Waals surface area (Å²) in [6.07, 6.45) is 8.51. The molecule has 0 spiro atoms. The van der Waals surface area contributed by atoms with Gasteiger partial charge in [-0.2, -0.15) is 0 Å². The van der Waals surface area contributed by atoms with Crippen LogP contribution in [-0.2, 0) is 11.2 Å². The van der Waals surface area contributed by atoms with Gasteiger partial charge in [-0.3, -0.25) is 4.98 Å². The number of hydrogen-bond donors (Lipinski definition) is 1. The second-order valence-electron chi connectivity index (χ2n) is 8.12. The Morgan fingerprint density at radius 2 is 2.00 bits per heavy atom. The molecule has 1 aliphatic carbocycles. The molecule has 2 aromatic carbocycles. The van der Waals surface area contributed by atoms with Crippen LogP contribution >= 0.6 is 0 Å². The number of rotatable bonds is 7. The van der Waals surface area contributed by atoms with Gasteiger partial charge in [-0.15, -0.1) is 0 Å². The van der Waals surface area contributed by atoms with E-state index in [1.54, 1.807) is 18.5 Å². The summed E-state index contributed by atoms with van der Waals surface area (Å²) in [6.45, 7) is 4.58. The second kappa shape index (κ2) is 9.69. The number of esters is 1. The lowest BCUT2D eigenvalue weighted by Crippen LogP contribution is -2.20. The highest BCUT2D eigenvalue weighted by atomic mass is 16.5. The van der Waals surface area contributed by atoms with E-state index in [0.29, 0.717) is 17.2 Å². The maximum atomic E-state index is 12.0. The lowest BCUT2D eigenvalue weighted by molar-refractivity contribution is 0.0601. The van der Waals surface area contributed by atoms with Gasteiger partial charge in [0.05, 0.1) is 24.6 Å². The summed E-state index contributed by atoms with van der Waals surface area (Å²) in [5.41, 5.74) is 7.46. The van der Waals surface area contributed by atoms with Gasteiger partial charge in [-0.1, -0.05) is 30.9 Å². The number of ether oxygens (including phenoxy) is 1. The first-order chi connectivity index (χ1) is 15.6. The number of anilines is 3. The lowest BCUT2D eigenvalue weighted by atomic mass is 9.82. The first kappa shape index (κ1) is 21.6. The van der Waals surface area contributed by atoms with Crippen molar-refractivity contribution in [1.82, 2.24) is 4.98 Å². The fraction of sp³-hybridized carbons (Fsp3) is 0.259. The monoisotopic (exact) mass is 427 g/mol. The topological polar surface area (TPSA) is 54.5 Å². The summed E-state index contributed by atoms with van der Waals surface area (Å²) < 4.78 is 4.89. The molecular formula is C27H29N3O2. The number of carbonyl (C=O) groups is 1. The number of benzene rings is 2. The number of aromatic nitrogens is 1. The number of fused-ring (bicyclic) bond motifs is 1. The molecule has 0 aliphatic heterocycles. The molecule has 0 saturated carbocycles. The fourth-order valence-electron chi connectivity index (χ4n) is 4.36. The third-order valence-corrected chi connectivity index (χ3v) is 6.23. The minimum absolute atomic E-state index is 0.354. The molecule has 0 bridgehead atoms. The van der Waals surface area contributed by atoms with E-state index in [-0.39, 0.29) is 5.97 Å². The first-order valence-corrected chi connectivity index (χ1v) is 11.0. The largest absolute Gasteiger partial charge is 0.465 e. The summed E-state index contributed by atoms with van der Waals surface area (Å²) in [6, 6.07) is 16.9. The highest BCUT2D eigenvalue weighted by Gasteiger charge is 2.22. The molecule has 0 radical (unpaired) electrons. The Morgan fingerprint density at radius 1 is 1.22 bits per heavy atom. The van der Waals surface area contributed by atoms with E-state index in [9.17, 15) is 4.79 Å². The van der Waals surface area contributed by atoms with Crippen LogP contribution in [0, 0.1) is 0 Å². The Bertz CT molecular complexity index is 1110. The molecule has 1 aromatic heterocycles. The molecule has 0 unspecified atom stereocenters. The molecule has 1 atom stereocenters. The predicted molar refractivity (Wildman–Crippen MR) is 131 cm³/mol. The molecule has 4 rings (SSSR count). The SMILES string of the molecule is C=Cc1ccc(N(C)c2ccc3c(c2)CCC[C@H]3CNc2cnccc2C(=O)OC)cc1. The second-order valence-corrected chi connectivity index (χ2v) is 8.12. The Hall–Kier alpha value is -3.60. The van der Waals surface area contributed by atoms with E-state index >= 15 is 0 Å². The highest BCUT2D eigenvalue weighted by molar-refractivity contribution is 5.95. The zero-order chi connectivity index (χ0) is 22.5. The Balaban J connectivity index is 1.51. The molecule has 0 amide bonds. The average Bonchev–Trinajstić information content (AvgIpc) is 2.86. The number of nitrogens with zero attached hydrogens (tertiary/aromatic N) is 2. The van der Waals surface area contributed by atoms with Gasteiger partial charge in [0, 0.05) is 37.1 Å². The maximum absolute atomic E-state index is 12.0. The van der Waals surface area contributed by atoms with Crippen LogP contribution in [0.5, 0.6) is 0 Å². The molecule has 1 N–H and O–H groups in total. The number of methoxy groups -OCH3 is 1. The van der Waals surface area contributed by atoms with Crippen molar-refractivity contribution in [1.29, 1.82) is 0 Å². The van der Waals surface area contributed by atoms with E-state index in [4.69, 9.17) is 4.74 Å². The third-order valence-electron chi connectivity index (χ3n) is 6.23. The van der Waals surface area contributed by atoms with Crippen LogP contribution in [0.1, 0.15) is 45.8 Å². The van der Waals surface area contributed by atoms with Gasteiger partial charge >= 0.3 is 5.97 Å². The number of carbonyl (C=O) groups excluding carboxylic acids is 1. The fourth-order valence-corrected chi connectivity index (χ4v) is 4.36. The minimum atomic E-state index is -0.354. The number of aryl methyl sites for hydroxylation is 1. The van der Waals surface area contributed by atoms with Gasteiger partial charge in [0.1, 0.15) is 0 Å².